The normalized spacial score (nSPS) is 9.51. The molecule has 6 rings (SSSR count). The molecule has 81 heavy (non-hydrogen) atoms. The number of carboxylic acid groups (broad SMARTS) is 1. The van der Waals surface area contributed by atoms with Crippen molar-refractivity contribution in [2.45, 2.75) is 27.7 Å². The number of aromatic carboxylic acids is 1. The van der Waals surface area contributed by atoms with E-state index < -0.39 is 70.1 Å². The summed E-state index contributed by atoms with van der Waals surface area (Å²) < 4.78 is 77.5. The first-order valence-electron chi connectivity index (χ1n) is 21.2. The molecule has 0 aliphatic carbocycles. The Morgan fingerprint density at radius 1 is 0.630 bits per heavy atom. The second-order valence-corrected chi connectivity index (χ2v) is 13.2. The summed E-state index contributed by atoms with van der Waals surface area (Å²) in [6.07, 6.45) is 0. The standard InChI is InChI=1S/C11H11FN2O4.C11H9FN2O3.C9H5FN2O3.C7H4ClFO.C4H8N2O3.C4H5NO2.ClH.Li.H3NO.H2O/c1-2-18-11(16)9(14-17)13-10(15)7-3-5-8(12)6-4-7;1-2-16-11(15)9-13-10(17-14-9)7-3-5-8(12)6-4-7;10-6-3-1-5(2-4-6)8-11-7(9(13)14)12-15-8;8-7(10)5-1-3-6(9)4-2-5;1-2-9-4(7)3(5)6-8;1-2-7-4(6)3-5;;;1-2;/h3-6,17H,2H2,1H3,(H,13,14,15);3-6H,2H2,1H3;1-4H,(H,13,14);1-4H;8H,2H2,1H3,(H2,5,6);2H2,1H3;1H;;2H,1H2;1H2/q;;;;;;;+1;;/p-1. The third-order valence-corrected chi connectivity index (χ3v) is 7.84. The molecule has 0 radical (unpaired) electrons. The van der Waals surface area contributed by atoms with Crippen LogP contribution in [0.4, 0.5) is 17.6 Å². The van der Waals surface area contributed by atoms with E-state index in [1.54, 1.807) is 27.7 Å². The number of aromatic nitrogens is 4. The number of nitrogens with zero attached hydrogens (tertiary/aromatic N) is 7. The minimum Gasteiger partial charge on any atom is -0.870 e. The van der Waals surface area contributed by atoms with Crippen molar-refractivity contribution in [1.29, 1.82) is 5.26 Å². The van der Waals surface area contributed by atoms with Gasteiger partial charge in [-0.25, -0.2) is 47.4 Å². The molecule has 28 nitrogen and oxygen atoms in total. The summed E-state index contributed by atoms with van der Waals surface area (Å²) in [5.74, 6) is -4.88. The molecule has 0 aliphatic heterocycles. The molecule has 1 amide bonds. The number of rotatable bonds is 10. The Kier molecular flexibility index (Phi) is 43.1. The van der Waals surface area contributed by atoms with Crippen molar-refractivity contribution < 1.29 is 124 Å². The third kappa shape index (κ3) is 31.6. The van der Waals surface area contributed by atoms with Gasteiger partial charge in [0, 0.05) is 22.3 Å². The number of carbonyl (C=O) groups excluding carboxylic acids is 6. The van der Waals surface area contributed by atoms with Gasteiger partial charge in [0.15, 0.2) is 6.07 Å². The van der Waals surface area contributed by atoms with E-state index in [1.165, 1.54) is 91.0 Å². The van der Waals surface area contributed by atoms with Gasteiger partial charge in [0.1, 0.15) is 23.3 Å². The number of halogens is 6. The van der Waals surface area contributed by atoms with Crippen LogP contribution in [0.5, 0.6) is 0 Å². The van der Waals surface area contributed by atoms with Crippen molar-refractivity contribution >= 4 is 76.7 Å². The first kappa shape index (κ1) is 78.2. The van der Waals surface area contributed by atoms with Crippen molar-refractivity contribution in [3.63, 3.8) is 0 Å². The SMILES string of the molecule is CCOC(=O)/C(=N/O)NC(=O)c1ccc(F)cc1.CCOC(=O)/C(N)=N/O.CCOC(=O)C#N.CCOC(=O)c1noc(-c2ccc(F)cc2)n1.Cl.NO.O=C(Cl)c1ccc(F)cc1.O=C(O)c1noc(-c2ccc(F)cc2)n1.[Li+].[OH-]. The molecule has 0 spiro atoms. The molecule has 2 heterocycles. The topological polar surface area (TPSA) is 458 Å². The van der Waals surface area contributed by atoms with Crippen LogP contribution < -0.4 is 35.8 Å². The zero-order valence-electron chi connectivity index (χ0n) is 42.7. The molecule has 0 atom stereocenters. The van der Waals surface area contributed by atoms with Crippen LogP contribution in [0.2, 0.25) is 0 Å². The maximum Gasteiger partial charge on any atom is 1.00 e. The maximum atomic E-state index is 12.7. The maximum absolute atomic E-state index is 12.7. The Hall–Kier alpha value is -9.34. The van der Waals surface area contributed by atoms with Crippen molar-refractivity contribution in [3.05, 3.63) is 143 Å². The van der Waals surface area contributed by atoms with Crippen LogP contribution >= 0.6 is 24.0 Å². The molecule has 2 aromatic heterocycles. The first-order chi connectivity index (χ1) is 37.2. The number of nitrogens with one attached hydrogen (secondary N) is 1. The summed E-state index contributed by atoms with van der Waals surface area (Å²) in [6.45, 7) is 7.32. The molecule has 0 fully saturated rings. The van der Waals surface area contributed by atoms with Gasteiger partial charge in [0.05, 0.1) is 26.4 Å². The molecule has 0 saturated carbocycles. The van der Waals surface area contributed by atoms with Crippen LogP contribution in [0.1, 0.15) is 69.6 Å². The van der Waals surface area contributed by atoms with Crippen molar-refractivity contribution in [1.82, 2.24) is 25.6 Å². The first-order valence-corrected chi connectivity index (χ1v) is 21.5. The van der Waals surface area contributed by atoms with E-state index >= 15 is 0 Å². The Labute approximate surface area is 478 Å². The fourth-order valence-corrected chi connectivity index (χ4v) is 4.45. The Balaban J connectivity index is -0.000000445. The zero-order valence-corrected chi connectivity index (χ0v) is 44.3. The molecule has 0 bridgehead atoms. The minimum absolute atomic E-state index is 0. The van der Waals surface area contributed by atoms with Gasteiger partial charge in [0.2, 0.25) is 5.84 Å². The van der Waals surface area contributed by atoms with E-state index in [-0.39, 0.29) is 98.0 Å². The molecule has 35 heteroatoms. The number of benzene rings is 4. The summed E-state index contributed by atoms with van der Waals surface area (Å²) in [5.41, 5.74) is 6.25. The Bertz CT molecular complexity index is 2960. The predicted octanol–water partition coefficient (Wildman–Crippen LogP) is 2.69. The number of hydrogen-bond donors (Lipinski definition) is 7. The fourth-order valence-electron chi connectivity index (χ4n) is 4.32. The van der Waals surface area contributed by atoms with Crippen molar-refractivity contribution in [2.75, 3.05) is 26.4 Å². The average Bonchev–Trinajstić information content (AvgIpc) is 4.15. The van der Waals surface area contributed by atoms with Gasteiger partial charge in [-0.05, 0) is 147 Å². The predicted molar refractivity (Wildman–Crippen MR) is 266 cm³/mol. The van der Waals surface area contributed by atoms with Crippen LogP contribution in [0, 0.1) is 34.6 Å². The van der Waals surface area contributed by atoms with Crippen LogP contribution in [-0.2, 0) is 33.3 Å². The van der Waals surface area contributed by atoms with E-state index in [9.17, 15) is 51.1 Å². The smallest absolute Gasteiger partial charge is 0.870 e. The molecule has 6 aromatic rings. The summed E-state index contributed by atoms with van der Waals surface area (Å²) >= 11 is 5.09. The van der Waals surface area contributed by atoms with E-state index in [4.69, 9.17) is 52.6 Å². The van der Waals surface area contributed by atoms with Gasteiger partial charge in [-0.2, -0.15) is 15.2 Å². The van der Waals surface area contributed by atoms with Crippen LogP contribution in [-0.4, -0.2) is 126 Å². The number of carbonyl (C=O) groups is 7. The van der Waals surface area contributed by atoms with Crippen LogP contribution in [0.15, 0.2) is 116 Å². The summed E-state index contributed by atoms with van der Waals surface area (Å²) in [4.78, 5) is 82.6. The van der Waals surface area contributed by atoms with Gasteiger partial charge in [-0.15, -0.1) is 12.4 Å². The molecular weight excluding hydrogens is 1130 g/mol. The molecule has 10 N–H and O–H groups in total. The number of amidine groups is 2. The third-order valence-electron chi connectivity index (χ3n) is 7.62. The molecular formula is C46H47Cl2F4LiN10O18. The quantitative estimate of drug-likeness (QED) is 0.00990. The van der Waals surface area contributed by atoms with Crippen molar-refractivity contribution in [3.8, 4) is 29.0 Å². The van der Waals surface area contributed by atoms with E-state index in [2.05, 4.69) is 60.5 Å². The number of hydrogen-bond acceptors (Lipinski definition) is 25. The zero-order chi connectivity index (χ0) is 59.2. The average molecular weight is 1180 g/mol. The number of oxime groups is 2. The van der Waals surface area contributed by atoms with Gasteiger partial charge < -0.3 is 59.9 Å². The second-order valence-electron chi connectivity index (χ2n) is 12.8. The largest absolute Gasteiger partial charge is 1.00 e. The minimum atomic E-state index is -1.27. The van der Waals surface area contributed by atoms with Crippen LogP contribution in [0.25, 0.3) is 22.9 Å². The van der Waals surface area contributed by atoms with Gasteiger partial charge >= 0.3 is 48.7 Å². The molecule has 432 valence electrons. The summed E-state index contributed by atoms with van der Waals surface area (Å²) in [5, 5.41) is 52.5. The number of carboxylic acids is 1. The summed E-state index contributed by atoms with van der Waals surface area (Å²) in [7, 11) is 0. The number of amides is 1. The van der Waals surface area contributed by atoms with E-state index in [1.807, 2.05) is 0 Å². The van der Waals surface area contributed by atoms with Gasteiger partial charge in [-0.1, -0.05) is 10.3 Å². The van der Waals surface area contributed by atoms with Crippen molar-refractivity contribution in [2.24, 2.45) is 21.9 Å². The van der Waals surface area contributed by atoms with Gasteiger partial charge in [-0.3, -0.25) is 14.9 Å². The van der Waals surface area contributed by atoms with Gasteiger partial charge in [0.25, 0.3) is 40.4 Å². The Morgan fingerprint density at radius 3 is 1.33 bits per heavy atom. The number of nitrogens with two attached hydrogens (primary N) is 2. The molecule has 0 aliphatic rings. The molecule has 0 unspecified atom stereocenters. The molecule has 0 saturated heterocycles. The number of nitriles is 1. The second kappa shape index (κ2) is 44.6. The molecule has 4 aromatic carbocycles. The van der Waals surface area contributed by atoms with Crippen LogP contribution in [0.3, 0.4) is 0 Å². The Morgan fingerprint density at radius 2 is 1.00 bits per heavy atom. The summed E-state index contributed by atoms with van der Waals surface area (Å²) in [6, 6.07) is 21.8. The van der Waals surface area contributed by atoms with E-state index in [0.717, 1.165) is 12.1 Å². The number of esters is 4. The fraction of sp³-hybridized carbons (Fsp3) is 0.174. The number of ether oxygens (including phenoxy) is 4. The van der Waals surface area contributed by atoms with E-state index in [0.29, 0.717) is 16.7 Å². The monoisotopic (exact) mass is 1180 g/mol.